The van der Waals surface area contributed by atoms with Gasteiger partial charge in [-0.1, -0.05) is 32.4 Å². The third-order valence-electron chi connectivity index (χ3n) is 3.00. The van der Waals surface area contributed by atoms with Crippen molar-refractivity contribution >= 4 is 11.6 Å². The fourth-order valence-corrected chi connectivity index (χ4v) is 1.87. The number of rotatable bonds is 4. The Morgan fingerprint density at radius 3 is 2.62 bits per heavy atom. The molecule has 2 N–H and O–H groups in total. The van der Waals surface area contributed by atoms with Crippen LogP contribution in [0.2, 0.25) is 5.02 Å². The Balaban J connectivity index is 2.64. The van der Waals surface area contributed by atoms with Crippen molar-refractivity contribution in [3.8, 4) is 0 Å². The van der Waals surface area contributed by atoms with Crippen LogP contribution in [0.25, 0.3) is 0 Å². The van der Waals surface area contributed by atoms with Crippen molar-refractivity contribution < 1.29 is 0 Å². The maximum atomic E-state index is 6.14. The molecule has 0 saturated heterocycles. The van der Waals surface area contributed by atoms with Gasteiger partial charge in [-0.25, -0.2) is 0 Å². The molecule has 4 heteroatoms. The van der Waals surface area contributed by atoms with Gasteiger partial charge in [0.15, 0.2) is 0 Å². The quantitative estimate of drug-likeness (QED) is 0.884. The molecular weight excluding hydrogens is 222 g/mol. The molecule has 0 spiro atoms. The second kappa shape index (κ2) is 5.19. The number of nitrogens with two attached hydrogens (primary N) is 1. The molecule has 92 valence electrons. The topological polar surface area (TPSA) is 43.8 Å². The molecule has 1 unspecified atom stereocenters. The van der Waals surface area contributed by atoms with Gasteiger partial charge >= 0.3 is 0 Å². The van der Waals surface area contributed by atoms with Crippen LogP contribution in [0.4, 0.5) is 0 Å². The van der Waals surface area contributed by atoms with Gasteiger partial charge in [-0.15, -0.1) is 0 Å². The Morgan fingerprint density at radius 2 is 2.12 bits per heavy atom. The number of aryl methyl sites for hydroxylation is 1. The summed E-state index contributed by atoms with van der Waals surface area (Å²) in [5.41, 5.74) is 7.38. The van der Waals surface area contributed by atoms with E-state index in [0.717, 1.165) is 30.1 Å². The molecule has 0 bridgehead atoms. The summed E-state index contributed by atoms with van der Waals surface area (Å²) in [5.74, 6) is 0. The van der Waals surface area contributed by atoms with Crippen molar-refractivity contribution in [2.24, 2.45) is 11.1 Å². The fraction of sp³-hybridized carbons (Fsp3) is 0.750. The van der Waals surface area contributed by atoms with Crippen LogP contribution in [0.3, 0.4) is 0 Å². The standard InChI is InChI=1S/C12H22ClN3/c1-5-16-10(9(13)8-15-16)6-7-11(14)12(2,3)4/h8,11H,5-7,14H2,1-4H3. The molecule has 0 amide bonds. The van der Waals surface area contributed by atoms with E-state index in [2.05, 4.69) is 32.8 Å². The molecule has 0 fully saturated rings. The van der Waals surface area contributed by atoms with E-state index in [4.69, 9.17) is 17.3 Å². The van der Waals surface area contributed by atoms with Crippen LogP contribution in [0.15, 0.2) is 6.20 Å². The summed E-state index contributed by atoms with van der Waals surface area (Å²) in [6.07, 6.45) is 3.54. The van der Waals surface area contributed by atoms with Gasteiger partial charge in [0.1, 0.15) is 0 Å². The molecule has 1 aromatic rings. The number of hydrogen-bond acceptors (Lipinski definition) is 2. The summed E-state index contributed by atoms with van der Waals surface area (Å²) in [5, 5.41) is 4.97. The van der Waals surface area contributed by atoms with Crippen LogP contribution in [0, 0.1) is 5.41 Å². The molecule has 0 radical (unpaired) electrons. The number of aromatic nitrogens is 2. The molecular formula is C12H22ClN3. The van der Waals surface area contributed by atoms with Gasteiger partial charge in [0.25, 0.3) is 0 Å². The van der Waals surface area contributed by atoms with Crippen LogP contribution in [0.1, 0.15) is 39.8 Å². The molecule has 0 aromatic carbocycles. The number of nitrogens with zero attached hydrogens (tertiary/aromatic N) is 2. The van der Waals surface area contributed by atoms with Gasteiger partial charge < -0.3 is 5.73 Å². The predicted molar refractivity (Wildman–Crippen MR) is 68.7 cm³/mol. The first-order valence-corrected chi connectivity index (χ1v) is 6.19. The lowest BCUT2D eigenvalue weighted by atomic mass is 9.84. The Morgan fingerprint density at radius 1 is 1.50 bits per heavy atom. The van der Waals surface area contributed by atoms with E-state index >= 15 is 0 Å². The minimum Gasteiger partial charge on any atom is -0.327 e. The largest absolute Gasteiger partial charge is 0.327 e. The molecule has 3 nitrogen and oxygen atoms in total. The molecule has 1 rings (SSSR count). The summed E-state index contributed by atoms with van der Waals surface area (Å²) in [7, 11) is 0. The summed E-state index contributed by atoms with van der Waals surface area (Å²) >= 11 is 6.10. The maximum Gasteiger partial charge on any atom is 0.0817 e. The third-order valence-corrected chi connectivity index (χ3v) is 3.32. The van der Waals surface area contributed by atoms with E-state index < -0.39 is 0 Å². The van der Waals surface area contributed by atoms with Gasteiger partial charge in [0, 0.05) is 12.6 Å². The van der Waals surface area contributed by atoms with Crippen LogP contribution in [-0.2, 0) is 13.0 Å². The minimum absolute atomic E-state index is 0.142. The maximum absolute atomic E-state index is 6.14. The van der Waals surface area contributed by atoms with E-state index in [1.54, 1.807) is 6.20 Å². The van der Waals surface area contributed by atoms with Crippen molar-refractivity contribution in [1.29, 1.82) is 0 Å². The fourth-order valence-electron chi connectivity index (χ4n) is 1.63. The normalized spacial score (nSPS) is 14.1. The van der Waals surface area contributed by atoms with E-state index in [9.17, 15) is 0 Å². The average molecular weight is 244 g/mol. The third kappa shape index (κ3) is 3.22. The summed E-state index contributed by atoms with van der Waals surface area (Å²) in [4.78, 5) is 0. The molecule has 1 aromatic heterocycles. The molecule has 16 heavy (non-hydrogen) atoms. The Labute approximate surface area is 103 Å². The SMILES string of the molecule is CCn1ncc(Cl)c1CCC(N)C(C)(C)C. The zero-order chi connectivity index (χ0) is 12.3. The first-order chi connectivity index (χ1) is 7.36. The summed E-state index contributed by atoms with van der Waals surface area (Å²) in [6, 6.07) is 0.184. The lowest BCUT2D eigenvalue weighted by Gasteiger charge is -2.27. The molecule has 1 atom stereocenters. The van der Waals surface area contributed by atoms with Crippen molar-refractivity contribution in [2.45, 2.75) is 53.1 Å². The molecule has 1 heterocycles. The molecule has 0 aliphatic heterocycles. The first kappa shape index (κ1) is 13.5. The minimum atomic E-state index is 0.142. The predicted octanol–water partition coefficient (Wildman–Crippen LogP) is 2.86. The van der Waals surface area contributed by atoms with Gasteiger partial charge in [-0.05, 0) is 25.2 Å². The highest BCUT2D eigenvalue weighted by Crippen LogP contribution is 2.23. The molecule has 0 aliphatic carbocycles. The van der Waals surface area contributed by atoms with E-state index in [1.165, 1.54) is 0 Å². The monoisotopic (exact) mass is 243 g/mol. The summed E-state index contributed by atoms with van der Waals surface area (Å²) in [6.45, 7) is 9.41. The second-order valence-electron chi connectivity index (χ2n) is 5.27. The van der Waals surface area contributed by atoms with Crippen LogP contribution in [-0.4, -0.2) is 15.8 Å². The van der Waals surface area contributed by atoms with Crippen LogP contribution >= 0.6 is 11.6 Å². The Hall–Kier alpha value is -0.540. The number of halogens is 1. The zero-order valence-corrected chi connectivity index (χ0v) is 11.4. The van der Waals surface area contributed by atoms with Crippen molar-refractivity contribution in [3.63, 3.8) is 0 Å². The van der Waals surface area contributed by atoms with E-state index in [0.29, 0.717) is 0 Å². The van der Waals surface area contributed by atoms with Crippen LogP contribution in [0.5, 0.6) is 0 Å². The molecule has 0 saturated carbocycles. The Kier molecular flexibility index (Phi) is 4.39. The van der Waals surface area contributed by atoms with Crippen molar-refractivity contribution in [2.75, 3.05) is 0 Å². The highest BCUT2D eigenvalue weighted by atomic mass is 35.5. The first-order valence-electron chi connectivity index (χ1n) is 5.82. The van der Waals surface area contributed by atoms with E-state index in [-0.39, 0.29) is 11.5 Å². The van der Waals surface area contributed by atoms with E-state index in [1.807, 2.05) is 4.68 Å². The van der Waals surface area contributed by atoms with Crippen molar-refractivity contribution in [1.82, 2.24) is 9.78 Å². The zero-order valence-electron chi connectivity index (χ0n) is 10.6. The highest BCUT2D eigenvalue weighted by molar-refractivity contribution is 6.31. The Bertz CT molecular complexity index is 339. The average Bonchev–Trinajstić information content (AvgIpc) is 2.54. The van der Waals surface area contributed by atoms with Crippen molar-refractivity contribution in [3.05, 3.63) is 16.9 Å². The van der Waals surface area contributed by atoms with Gasteiger partial charge in [0.2, 0.25) is 0 Å². The summed E-state index contributed by atoms with van der Waals surface area (Å²) < 4.78 is 1.94. The highest BCUT2D eigenvalue weighted by Gasteiger charge is 2.21. The lowest BCUT2D eigenvalue weighted by Crippen LogP contribution is -2.35. The van der Waals surface area contributed by atoms with Gasteiger partial charge in [0.05, 0.1) is 16.9 Å². The second-order valence-corrected chi connectivity index (χ2v) is 5.67. The van der Waals surface area contributed by atoms with Gasteiger partial charge in [-0.3, -0.25) is 4.68 Å². The number of hydrogen-bond donors (Lipinski definition) is 1. The molecule has 0 aliphatic rings. The smallest absolute Gasteiger partial charge is 0.0817 e. The van der Waals surface area contributed by atoms with Crippen LogP contribution < -0.4 is 5.73 Å². The van der Waals surface area contributed by atoms with Gasteiger partial charge in [-0.2, -0.15) is 5.10 Å². The lowest BCUT2D eigenvalue weighted by molar-refractivity contribution is 0.304.